The second-order valence-electron chi connectivity index (χ2n) is 6.58. The summed E-state index contributed by atoms with van der Waals surface area (Å²) in [4.78, 5) is 12.3. The molecule has 1 aliphatic heterocycles. The number of rotatable bonds is 10. The summed E-state index contributed by atoms with van der Waals surface area (Å²) >= 11 is 0. The summed E-state index contributed by atoms with van der Waals surface area (Å²) in [6.45, 7) is 7.75. The molecule has 1 heterocycles. The molecule has 1 N–H and O–H groups in total. The third-order valence-corrected chi connectivity index (χ3v) is 6.79. The number of ether oxygens (including phenoxy) is 2. The van der Waals surface area contributed by atoms with Crippen LogP contribution >= 0.6 is 0 Å². The Bertz CT molecular complexity index is 726. The summed E-state index contributed by atoms with van der Waals surface area (Å²) in [5, 5.41) is 2.75. The van der Waals surface area contributed by atoms with Gasteiger partial charge < -0.3 is 14.8 Å². The molecule has 1 aromatic carbocycles. The van der Waals surface area contributed by atoms with Gasteiger partial charge in [0.05, 0.1) is 30.6 Å². The lowest BCUT2D eigenvalue weighted by atomic mass is 10.2. The van der Waals surface area contributed by atoms with E-state index in [9.17, 15) is 13.2 Å². The zero-order chi connectivity index (χ0) is 19.9. The van der Waals surface area contributed by atoms with Gasteiger partial charge in [-0.25, -0.2) is 8.42 Å². The van der Waals surface area contributed by atoms with Crippen molar-refractivity contribution < 1.29 is 22.7 Å². The fourth-order valence-electron chi connectivity index (χ4n) is 3.04. The lowest BCUT2D eigenvalue weighted by molar-refractivity contribution is -0.117. The van der Waals surface area contributed by atoms with E-state index in [0.717, 1.165) is 19.4 Å². The van der Waals surface area contributed by atoms with Crippen molar-refractivity contribution in [1.82, 2.24) is 4.31 Å². The Morgan fingerprint density at radius 2 is 2.07 bits per heavy atom. The smallest absolute Gasteiger partial charge is 0.243 e. The van der Waals surface area contributed by atoms with Crippen LogP contribution in [0.5, 0.6) is 0 Å². The number of nitrogens with one attached hydrogen (secondary N) is 1. The van der Waals surface area contributed by atoms with Crippen LogP contribution in [0.25, 0.3) is 0 Å². The van der Waals surface area contributed by atoms with Gasteiger partial charge in [0, 0.05) is 25.4 Å². The highest BCUT2D eigenvalue weighted by molar-refractivity contribution is 7.89. The van der Waals surface area contributed by atoms with Crippen LogP contribution in [0.3, 0.4) is 0 Å². The van der Waals surface area contributed by atoms with Crippen LogP contribution in [0, 0.1) is 6.92 Å². The molecule has 1 saturated heterocycles. The van der Waals surface area contributed by atoms with Gasteiger partial charge in [-0.3, -0.25) is 4.79 Å². The van der Waals surface area contributed by atoms with Gasteiger partial charge in [-0.2, -0.15) is 4.31 Å². The molecule has 0 aromatic heterocycles. The van der Waals surface area contributed by atoms with E-state index in [2.05, 4.69) is 5.32 Å². The molecule has 1 atom stereocenters. The Hall–Kier alpha value is -1.48. The molecule has 1 aromatic rings. The molecule has 1 unspecified atom stereocenters. The summed E-state index contributed by atoms with van der Waals surface area (Å²) in [7, 11) is -3.58. The number of carbonyl (C=O) groups excluding carboxylic acids is 1. The van der Waals surface area contributed by atoms with Crippen molar-refractivity contribution in [2.24, 2.45) is 0 Å². The third kappa shape index (κ3) is 6.00. The van der Waals surface area contributed by atoms with Crippen molar-refractivity contribution in [2.45, 2.75) is 51.0 Å². The second kappa shape index (κ2) is 10.2. The molecule has 1 aliphatic rings. The fraction of sp³-hybridized carbons (Fsp3) is 0.632. The van der Waals surface area contributed by atoms with Gasteiger partial charge in [-0.05, 0) is 37.5 Å². The first-order chi connectivity index (χ1) is 12.9. The molecule has 152 valence electrons. The first kappa shape index (κ1) is 21.8. The predicted octanol–water partition coefficient (Wildman–Crippen LogP) is 2.55. The van der Waals surface area contributed by atoms with Gasteiger partial charge in [0.25, 0.3) is 0 Å². The molecule has 0 spiro atoms. The standard InChI is InChI=1S/C19H30N2O5S/c1-4-21(5-2)27(23,24)18-13-16(9-8-15(18)3)20-19(22)10-12-25-14-17-7-6-11-26-17/h8-9,13,17H,4-7,10-12,14H2,1-3H3,(H,20,22). The number of carbonyl (C=O) groups is 1. The number of anilines is 1. The minimum absolute atomic E-state index is 0.137. The minimum atomic E-state index is -3.58. The molecular weight excluding hydrogens is 368 g/mol. The second-order valence-corrected chi connectivity index (χ2v) is 8.48. The number of hydrogen-bond donors (Lipinski definition) is 1. The summed E-state index contributed by atoms with van der Waals surface area (Å²) in [5.41, 5.74) is 1.12. The van der Waals surface area contributed by atoms with Crippen LogP contribution in [-0.2, 0) is 24.3 Å². The molecular formula is C19H30N2O5S. The van der Waals surface area contributed by atoms with Crippen LogP contribution in [0.1, 0.15) is 38.7 Å². The van der Waals surface area contributed by atoms with E-state index in [-0.39, 0.29) is 23.3 Å². The predicted molar refractivity (Wildman–Crippen MR) is 104 cm³/mol. The first-order valence-corrected chi connectivity index (χ1v) is 10.9. The largest absolute Gasteiger partial charge is 0.378 e. The average Bonchev–Trinajstić information content (AvgIpc) is 3.14. The normalized spacial score (nSPS) is 17.4. The van der Waals surface area contributed by atoms with Crippen molar-refractivity contribution in [3.8, 4) is 0 Å². The van der Waals surface area contributed by atoms with Crippen LogP contribution in [0.15, 0.2) is 23.1 Å². The Morgan fingerprint density at radius 1 is 1.33 bits per heavy atom. The van der Waals surface area contributed by atoms with Gasteiger partial charge in [-0.15, -0.1) is 0 Å². The summed E-state index contributed by atoms with van der Waals surface area (Å²) in [5.74, 6) is -0.211. The van der Waals surface area contributed by atoms with Crippen molar-refractivity contribution in [2.75, 3.05) is 38.2 Å². The highest BCUT2D eigenvalue weighted by Crippen LogP contribution is 2.23. The van der Waals surface area contributed by atoms with Crippen LogP contribution in [0.2, 0.25) is 0 Å². The third-order valence-electron chi connectivity index (χ3n) is 4.60. The van der Waals surface area contributed by atoms with Gasteiger partial charge in [-0.1, -0.05) is 19.9 Å². The van der Waals surface area contributed by atoms with Crippen LogP contribution < -0.4 is 5.32 Å². The summed E-state index contributed by atoms with van der Waals surface area (Å²) < 4.78 is 37.9. The Kier molecular flexibility index (Phi) is 8.22. The van der Waals surface area contributed by atoms with Crippen molar-refractivity contribution in [3.63, 3.8) is 0 Å². The van der Waals surface area contributed by atoms with Crippen LogP contribution in [0.4, 0.5) is 5.69 Å². The van der Waals surface area contributed by atoms with Crippen LogP contribution in [-0.4, -0.2) is 57.6 Å². The molecule has 7 nitrogen and oxygen atoms in total. The Balaban J connectivity index is 1.93. The number of hydrogen-bond acceptors (Lipinski definition) is 5. The molecule has 0 aliphatic carbocycles. The van der Waals surface area contributed by atoms with E-state index in [4.69, 9.17) is 9.47 Å². The molecule has 0 radical (unpaired) electrons. The van der Waals surface area contributed by atoms with E-state index < -0.39 is 10.0 Å². The molecule has 1 amide bonds. The van der Waals surface area contributed by atoms with E-state index in [1.165, 1.54) is 10.4 Å². The highest BCUT2D eigenvalue weighted by Gasteiger charge is 2.24. The van der Waals surface area contributed by atoms with Crippen molar-refractivity contribution >= 4 is 21.6 Å². The lowest BCUT2D eigenvalue weighted by Gasteiger charge is -2.20. The molecule has 0 saturated carbocycles. The number of benzene rings is 1. The average molecular weight is 399 g/mol. The first-order valence-electron chi connectivity index (χ1n) is 9.48. The van der Waals surface area contributed by atoms with Gasteiger partial charge in [0.2, 0.25) is 15.9 Å². The zero-order valence-corrected chi connectivity index (χ0v) is 17.2. The Morgan fingerprint density at radius 3 is 2.70 bits per heavy atom. The minimum Gasteiger partial charge on any atom is -0.378 e. The highest BCUT2D eigenvalue weighted by atomic mass is 32.2. The fourth-order valence-corrected chi connectivity index (χ4v) is 4.75. The van der Waals surface area contributed by atoms with Gasteiger partial charge in [0.15, 0.2) is 0 Å². The van der Waals surface area contributed by atoms with Gasteiger partial charge >= 0.3 is 0 Å². The SMILES string of the molecule is CCN(CC)S(=O)(=O)c1cc(NC(=O)CCOCC2CCCO2)ccc1C. The maximum Gasteiger partial charge on any atom is 0.243 e. The monoisotopic (exact) mass is 398 g/mol. The molecule has 27 heavy (non-hydrogen) atoms. The van der Waals surface area contributed by atoms with E-state index in [1.54, 1.807) is 32.9 Å². The number of nitrogens with zero attached hydrogens (tertiary/aromatic N) is 1. The quantitative estimate of drug-likeness (QED) is 0.612. The van der Waals surface area contributed by atoms with Crippen molar-refractivity contribution in [1.29, 1.82) is 0 Å². The summed E-state index contributed by atoms with van der Waals surface area (Å²) in [6.07, 6.45) is 2.40. The Labute approximate surface area is 162 Å². The summed E-state index contributed by atoms with van der Waals surface area (Å²) in [6, 6.07) is 4.94. The van der Waals surface area contributed by atoms with E-state index in [1.807, 2.05) is 0 Å². The lowest BCUT2D eigenvalue weighted by Crippen LogP contribution is -2.31. The molecule has 0 bridgehead atoms. The van der Waals surface area contributed by atoms with E-state index >= 15 is 0 Å². The number of sulfonamides is 1. The van der Waals surface area contributed by atoms with Crippen molar-refractivity contribution in [3.05, 3.63) is 23.8 Å². The maximum atomic E-state index is 12.8. The van der Waals surface area contributed by atoms with Gasteiger partial charge in [0.1, 0.15) is 0 Å². The molecule has 8 heteroatoms. The number of amides is 1. The zero-order valence-electron chi connectivity index (χ0n) is 16.4. The molecule has 1 fully saturated rings. The maximum absolute atomic E-state index is 12.8. The van der Waals surface area contributed by atoms with E-state index in [0.29, 0.717) is 37.6 Å². The number of aryl methyl sites for hydroxylation is 1. The molecule has 2 rings (SSSR count). The topological polar surface area (TPSA) is 84.9 Å².